The van der Waals surface area contributed by atoms with Crippen molar-refractivity contribution in [3.63, 3.8) is 0 Å². The molecule has 0 bridgehead atoms. The molecule has 0 radical (unpaired) electrons. The lowest BCUT2D eigenvalue weighted by molar-refractivity contribution is -0.125. The highest BCUT2D eigenvalue weighted by Gasteiger charge is 2.18. The van der Waals surface area contributed by atoms with Crippen LogP contribution in [-0.4, -0.2) is 30.9 Å². The zero-order chi connectivity index (χ0) is 15.4. The molecular weight excluding hydrogens is 288 g/mol. The lowest BCUT2D eigenvalue weighted by Gasteiger charge is -2.21. The summed E-state index contributed by atoms with van der Waals surface area (Å²) in [5.41, 5.74) is 0.979. The molecule has 0 aliphatic carbocycles. The second-order valence-electron chi connectivity index (χ2n) is 4.98. The van der Waals surface area contributed by atoms with Gasteiger partial charge in [0.15, 0.2) is 0 Å². The van der Waals surface area contributed by atoms with Crippen LogP contribution < -0.4 is 5.32 Å². The summed E-state index contributed by atoms with van der Waals surface area (Å²) >= 11 is 5.88. The Kier molecular flexibility index (Phi) is 5.04. The first-order chi connectivity index (χ1) is 10.0. The molecule has 1 aromatic heterocycles. The van der Waals surface area contributed by atoms with Gasteiger partial charge in [0.25, 0.3) is 0 Å². The molecular formula is C16H19ClN2O2. The Labute approximate surface area is 129 Å². The van der Waals surface area contributed by atoms with Gasteiger partial charge >= 0.3 is 0 Å². The van der Waals surface area contributed by atoms with E-state index in [4.69, 9.17) is 16.0 Å². The number of rotatable bonds is 5. The average Bonchev–Trinajstić information content (AvgIpc) is 2.94. The molecule has 4 nitrogen and oxygen atoms in total. The Bertz CT molecular complexity index is 607. The second-order valence-corrected chi connectivity index (χ2v) is 5.41. The number of carbonyl (C=O) groups is 1. The zero-order valence-corrected chi connectivity index (χ0v) is 13.1. The Morgan fingerprint density at radius 2 is 1.95 bits per heavy atom. The maximum Gasteiger partial charge on any atom is 0.236 e. The number of furan rings is 1. The Balaban J connectivity index is 2.06. The summed E-state index contributed by atoms with van der Waals surface area (Å²) in [6, 6.07) is 11.1. The summed E-state index contributed by atoms with van der Waals surface area (Å²) in [5, 5.41) is 3.34. The fraction of sp³-hybridized carbons (Fsp3) is 0.312. The van der Waals surface area contributed by atoms with Gasteiger partial charge < -0.3 is 9.73 Å². The third-order valence-electron chi connectivity index (χ3n) is 3.48. The van der Waals surface area contributed by atoms with E-state index in [1.807, 2.05) is 55.3 Å². The minimum atomic E-state index is -0.209. The van der Waals surface area contributed by atoms with Crippen molar-refractivity contribution in [3.8, 4) is 11.3 Å². The van der Waals surface area contributed by atoms with Crippen LogP contribution in [0.5, 0.6) is 0 Å². The van der Waals surface area contributed by atoms with Gasteiger partial charge in [-0.1, -0.05) is 11.6 Å². The SMILES string of the molecule is CNC(=O)[C@H](C)N(C)Cc1ccc(-c2ccc(Cl)cc2)o1. The quantitative estimate of drug-likeness (QED) is 0.923. The van der Waals surface area contributed by atoms with E-state index in [1.165, 1.54) is 0 Å². The molecule has 0 saturated carbocycles. The van der Waals surface area contributed by atoms with Crippen LogP contribution in [0.25, 0.3) is 11.3 Å². The largest absolute Gasteiger partial charge is 0.460 e. The highest BCUT2D eigenvalue weighted by atomic mass is 35.5. The summed E-state index contributed by atoms with van der Waals surface area (Å²) in [6.45, 7) is 2.43. The molecule has 1 amide bonds. The fourth-order valence-corrected chi connectivity index (χ4v) is 2.15. The number of benzene rings is 1. The fourth-order valence-electron chi connectivity index (χ4n) is 2.02. The zero-order valence-electron chi connectivity index (χ0n) is 12.4. The molecule has 1 aromatic carbocycles. The first kappa shape index (κ1) is 15.6. The second kappa shape index (κ2) is 6.78. The maximum atomic E-state index is 11.6. The van der Waals surface area contributed by atoms with E-state index in [1.54, 1.807) is 7.05 Å². The summed E-state index contributed by atoms with van der Waals surface area (Å²) in [6.07, 6.45) is 0. The molecule has 5 heteroatoms. The predicted molar refractivity (Wildman–Crippen MR) is 84.1 cm³/mol. The van der Waals surface area contributed by atoms with Crippen LogP contribution in [-0.2, 0) is 11.3 Å². The van der Waals surface area contributed by atoms with Crippen molar-refractivity contribution in [2.45, 2.75) is 19.5 Å². The highest BCUT2D eigenvalue weighted by molar-refractivity contribution is 6.30. The van der Waals surface area contributed by atoms with E-state index in [0.717, 1.165) is 17.1 Å². The minimum Gasteiger partial charge on any atom is -0.460 e. The van der Waals surface area contributed by atoms with E-state index >= 15 is 0 Å². The van der Waals surface area contributed by atoms with Gasteiger partial charge in [-0.05, 0) is 50.4 Å². The van der Waals surface area contributed by atoms with Crippen LogP contribution in [0.1, 0.15) is 12.7 Å². The van der Waals surface area contributed by atoms with Gasteiger partial charge in [0, 0.05) is 17.6 Å². The van der Waals surface area contributed by atoms with E-state index in [2.05, 4.69) is 5.32 Å². The smallest absolute Gasteiger partial charge is 0.236 e. The molecule has 0 aliphatic heterocycles. The number of amides is 1. The molecule has 0 spiro atoms. The van der Waals surface area contributed by atoms with Crippen LogP contribution in [0.15, 0.2) is 40.8 Å². The lowest BCUT2D eigenvalue weighted by atomic mass is 10.2. The van der Waals surface area contributed by atoms with Crippen LogP contribution in [0.4, 0.5) is 0 Å². The van der Waals surface area contributed by atoms with Crippen LogP contribution in [0.3, 0.4) is 0 Å². The Morgan fingerprint density at radius 1 is 1.29 bits per heavy atom. The molecule has 0 fully saturated rings. The van der Waals surface area contributed by atoms with Crippen molar-refractivity contribution < 1.29 is 9.21 Å². The van der Waals surface area contributed by atoms with Crippen molar-refractivity contribution in [3.05, 3.63) is 47.2 Å². The summed E-state index contributed by atoms with van der Waals surface area (Å²) in [7, 11) is 3.53. The van der Waals surface area contributed by atoms with Crippen LogP contribution >= 0.6 is 11.6 Å². The number of nitrogens with zero attached hydrogens (tertiary/aromatic N) is 1. The van der Waals surface area contributed by atoms with Crippen LogP contribution in [0, 0.1) is 0 Å². The highest BCUT2D eigenvalue weighted by Crippen LogP contribution is 2.24. The molecule has 21 heavy (non-hydrogen) atoms. The third kappa shape index (κ3) is 3.86. The number of hydrogen-bond donors (Lipinski definition) is 1. The third-order valence-corrected chi connectivity index (χ3v) is 3.73. The van der Waals surface area contributed by atoms with E-state index < -0.39 is 0 Å². The van der Waals surface area contributed by atoms with Gasteiger partial charge in [-0.2, -0.15) is 0 Å². The normalized spacial score (nSPS) is 12.4. The van der Waals surface area contributed by atoms with Gasteiger partial charge in [0.1, 0.15) is 11.5 Å². The Morgan fingerprint density at radius 3 is 2.57 bits per heavy atom. The van der Waals surface area contributed by atoms with E-state index in [0.29, 0.717) is 11.6 Å². The minimum absolute atomic E-state index is 0.0121. The van der Waals surface area contributed by atoms with Gasteiger partial charge in [-0.25, -0.2) is 0 Å². The van der Waals surface area contributed by atoms with Gasteiger partial charge in [0.2, 0.25) is 5.91 Å². The summed E-state index contributed by atoms with van der Waals surface area (Å²) in [5.74, 6) is 1.60. The number of hydrogen-bond acceptors (Lipinski definition) is 3. The maximum absolute atomic E-state index is 11.6. The van der Waals surface area contributed by atoms with Crippen molar-refractivity contribution >= 4 is 17.5 Å². The summed E-state index contributed by atoms with van der Waals surface area (Å²) < 4.78 is 5.83. The molecule has 0 unspecified atom stereocenters. The molecule has 1 atom stereocenters. The lowest BCUT2D eigenvalue weighted by Crippen LogP contribution is -2.41. The first-order valence-corrected chi connectivity index (χ1v) is 7.15. The van der Waals surface area contributed by atoms with Crippen molar-refractivity contribution in [1.29, 1.82) is 0 Å². The van der Waals surface area contributed by atoms with Gasteiger partial charge in [-0.3, -0.25) is 9.69 Å². The molecule has 0 aliphatic rings. The molecule has 1 N–H and O–H groups in total. The van der Waals surface area contributed by atoms with Gasteiger partial charge in [0.05, 0.1) is 12.6 Å². The van der Waals surface area contributed by atoms with Crippen LogP contribution in [0.2, 0.25) is 5.02 Å². The molecule has 1 heterocycles. The first-order valence-electron chi connectivity index (χ1n) is 6.77. The molecule has 2 aromatic rings. The topological polar surface area (TPSA) is 45.5 Å². The number of nitrogens with one attached hydrogen (secondary N) is 1. The number of halogens is 1. The number of carbonyl (C=O) groups excluding carboxylic acids is 1. The summed E-state index contributed by atoms with van der Waals surface area (Å²) in [4.78, 5) is 13.5. The van der Waals surface area contributed by atoms with Gasteiger partial charge in [-0.15, -0.1) is 0 Å². The van der Waals surface area contributed by atoms with E-state index in [-0.39, 0.29) is 11.9 Å². The number of likely N-dealkylation sites (N-methyl/N-ethyl adjacent to an activating group) is 2. The standard InChI is InChI=1S/C16H19ClN2O2/c1-11(16(20)18-2)19(3)10-14-8-9-15(21-14)12-4-6-13(17)7-5-12/h4-9,11H,10H2,1-3H3,(H,18,20)/t11-/m0/s1. The molecule has 0 saturated heterocycles. The van der Waals surface area contributed by atoms with E-state index in [9.17, 15) is 4.79 Å². The monoisotopic (exact) mass is 306 g/mol. The van der Waals surface area contributed by atoms with Crippen molar-refractivity contribution in [2.75, 3.05) is 14.1 Å². The average molecular weight is 307 g/mol. The predicted octanol–water partition coefficient (Wildman–Crippen LogP) is 3.17. The van der Waals surface area contributed by atoms with Crippen molar-refractivity contribution in [2.24, 2.45) is 0 Å². The van der Waals surface area contributed by atoms with Crippen molar-refractivity contribution in [1.82, 2.24) is 10.2 Å². The Hall–Kier alpha value is -1.78. The molecule has 2 rings (SSSR count). The molecule has 112 valence electrons.